The Bertz CT molecular complexity index is 810. The van der Waals surface area contributed by atoms with Crippen LogP contribution in [0.3, 0.4) is 0 Å². The third kappa shape index (κ3) is 4.71. The Labute approximate surface area is 153 Å². The third-order valence-electron chi connectivity index (χ3n) is 4.52. The number of rotatable bonds is 7. The van der Waals surface area contributed by atoms with E-state index >= 15 is 0 Å². The summed E-state index contributed by atoms with van der Waals surface area (Å²) in [5.74, 6) is 0.420. The van der Waals surface area contributed by atoms with Crippen LogP contribution in [0.5, 0.6) is 5.75 Å². The summed E-state index contributed by atoms with van der Waals surface area (Å²) < 4.78 is 7.32. The molecule has 1 fully saturated rings. The summed E-state index contributed by atoms with van der Waals surface area (Å²) in [4.78, 5) is 24.3. The smallest absolute Gasteiger partial charge is 0.276 e. The number of anilines is 1. The summed E-state index contributed by atoms with van der Waals surface area (Å²) in [5.41, 5.74) is 0.684. The second-order valence-electron chi connectivity index (χ2n) is 6.64. The molecule has 0 atom stereocenters. The molecule has 0 unspecified atom stereocenters. The van der Waals surface area contributed by atoms with Crippen molar-refractivity contribution >= 4 is 11.6 Å². The van der Waals surface area contributed by atoms with Crippen LogP contribution in [0.1, 0.15) is 55.9 Å². The van der Waals surface area contributed by atoms with E-state index < -0.39 is 0 Å². The van der Waals surface area contributed by atoms with Crippen LogP contribution in [-0.4, -0.2) is 21.8 Å². The second kappa shape index (κ2) is 8.65. The predicted octanol–water partition coefficient (Wildman–Crippen LogP) is 3.62. The standard InChI is InChI=1S/C20H25N3O3/c1-2-3-13-23-19(24)12-11-18(22-23)20(25)21-15-7-6-10-17(14-15)26-16-8-4-5-9-16/h6-7,10-12,14,16H,2-5,8-9,13H2,1H3,(H,21,25). The molecule has 0 aliphatic heterocycles. The molecule has 6 heteroatoms. The molecule has 1 amide bonds. The lowest BCUT2D eigenvalue weighted by molar-refractivity contribution is 0.101. The average Bonchev–Trinajstić information content (AvgIpc) is 3.14. The Morgan fingerprint density at radius 2 is 2.08 bits per heavy atom. The monoisotopic (exact) mass is 355 g/mol. The van der Waals surface area contributed by atoms with Crippen molar-refractivity contribution in [1.29, 1.82) is 0 Å². The van der Waals surface area contributed by atoms with Gasteiger partial charge in [0.05, 0.1) is 6.10 Å². The van der Waals surface area contributed by atoms with E-state index in [1.807, 2.05) is 31.2 Å². The number of hydrogen-bond donors (Lipinski definition) is 1. The van der Waals surface area contributed by atoms with Gasteiger partial charge in [-0.1, -0.05) is 19.4 Å². The van der Waals surface area contributed by atoms with Gasteiger partial charge in [0.2, 0.25) is 0 Å². The molecule has 2 aromatic rings. The SMILES string of the molecule is CCCCn1nc(C(=O)Nc2cccc(OC3CCCC3)c2)ccc1=O. The normalized spacial score (nSPS) is 14.3. The largest absolute Gasteiger partial charge is 0.490 e. The van der Waals surface area contributed by atoms with Gasteiger partial charge in [0.1, 0.15) is 11.4 Å². The van der Waals surface area contributed by atoms with Gasteiger partial charge in [-0.2, -0.15) is 5.10 Å². The minimum Gasteiger partial charge on any atom is -0.490 e. The van der Waals surface area contributed by atoms with Crippen molar-refractivity contribution in [2.24, 2.45) is 0 Å². The van der Waals surface area contributed by atoms with Crippen molar-refractivity contribution in [3.63, 3.8) is 0 Å². The molecule has 1 aliphatic carbocycles. The second-order valence-corrected chi connectivity index (χ2v) is 6.64. The molecule has 1 aromatic heterocycles. The molecule has 26 heavy (non-hydrogen) atoms. The van der Waals surface area contributed by atoms with Crippen LogP contribution in [0.15, 0.2) is 41.2 Å². The molecule has 0 saturated heterocycles. The van der Waals surface area contributed by atoms with E-state index in [-0.39, 0.29) is 23.3 Å². The van der Waals surface area contributed by atoms with Gasteiger partial charge < -0.3 is 10.1 Å². The molecule has 1 aromatic carbocycles. The summed E-state index contributed by atoms with van der Waals surface area (Å²) in [6.45, 7) is 2.56. The molecule has 138 valence electrons. The number of nitrogens with zero attached hydrogens (tertiary/aromatic N) is 2. The molecule has 6 nitrogen and oxygen atoms in total. The van der Waals surface area contributed by atoms with Crippen molar-refractivity contribution in [3.05, 3.63) is 52.4 Å². The van der Waals surface area contributed by atoms with Gasteiger partial charge in [-0.15, -0.1) is 0 Å². The summed E-state index contributed by atoms with van der Waals surface area (Å²) in [5, 5.41) is 7.00. The number of carbonyl (C=O) groups is 1. The lowest BCUT2D eigenvalue weighted by Gasteiger charge is -2.14. The number of nitrogens with one attached hydrogen (secondary N) is 1. The van der Waals surface area contributed by atoms with Gasteiger partial charge in [-0.25, -0.2) is 4.68 Å². The minimum absolute atomic E-state index is 0.193. The molecular formula is C20H25N3O3. The van der Waals surface area contributed by atoms with E-state index in [0.717, 1.165) is 31.4 Å². The van der Waals surface area contributed by atoms with Crippen LogP contribution in [0.4, 0.5) is 5.69 Å². The van der Waals surface area contributed by atoms with Crippen LogP contribution in [0.25, 0.3) is 0 Å². The van der Waals surface area contributed by atoms with Crippen molar-refractivity contribution < 1.29 is 9.53 Å². The maximum atomic E-state index is 12.5. The first-order valence-corrected chi connectivity index (χ1v) is 9.32. The highest BCUT2D eigenvalue weighted by Crippen LogP contribution is 2.25. The fourth-order valence-electron chi connectivity index (χ4n) is 3.08. The topological polar surface area (TPSA) is 73.2 Å². The number of unbranched alkanes of at least 4 members (excludes halogenated alkanes) is 1. The van der Waals surface area contributed by atoms with E-state index in [1.165, 1.54) is 29.7 Å². The van der Waals surface area contributed by atoms with Crippen molar-refractivity contribution in [2.75, 3.05) is 5.32 Å². The summed E-state index contributed by atoms with van der Waals surface area (Å²) >= 11 is 0. The first-order chi connectivity index (χ1) is 12.7. The Morgan fingerprint density at radius 3 is 2.85 bits per heavy atom. The minimum atomic E-state index is -0.340. The molecule has 0 spiro atoms. The van der Waals surface area contributed by atoms with Crippen molar-refractivity contribution in [2.45, 2.75) is 58.1 Å². The van der Waals surface area contributed by atoms with E-state index in [0.29, 0.717) is 12.2 Å². The first kappa shape index (κ1) is 18.2. The number of ether oxygens (including phenoxy) is 1. The quantitative estimate of drug-likeness (QED) is 0.823. The molecule has 1 heterocycles. The highest BCUT2D eigenvalue weighted by Gasteiger charge is 2.17. The Hall–Kier alpha value is -2.63. The Balaban J connectivity index is 1.68. The maximum absolute atomic E-state index is 12.5. The zero-order valence-electron chi connectivity index (χ0n) is 15.1. The zero-order valence-corrected chi connectivity index (χ0v) is 15.1. The number of aryl methyl sites for hydroxylation is 1. The third-order valence-corrected chi connectivity index (χ3v) is 4.52. The maximum Gasteiger partial charge on any atom is 0.276 e. The van der Waals surface area contributed by atoms with Gasteiger partial charge in [0.25, 0.3) is 11.5 Å². The van der Waals surface area contributed by atoms with E-state index in [1.54, 1.807) is 0 Å². The molecule has 1 N–H and O–H groups in total. The summed E-state index contributed by atoms with van der Waals surface area (Å²) in [7, 11) is 0. The van der Waals surface area contributed by atoms with E-state index in [2.05, 4.69) is 10.4 Å². The Morgan fingerprint density at radius 1 is 1.27 bits per heavy atom. The van der Waals surface area contributed by atoms with E-state index in [4.69, 9.17) is 4.74 Å². The van der Waals surface area contributed by atoms with Gasteiger partial charge in [-0.3, -0.25) is 9.59 Å². The number of hydrogen-bond acceptors (Lipinski definition) is 4. The Kier molecular flexibility index (Phi) is 6.04. The highest BCUT2D eigenvalue weighted by molar-refractivity contribution is 6.02. The molecule has 1 aliphatic rings. The first-order valence-electron chi connectivity index (χ1n) is 9.32. The summed E-state index contributed by atoms with van der Waals surface area (Å²) in [6.07, 6.45) is 6.65. The van der Waals surface area contributed by atoms with Gasteiger partial charge in [0, 0.05) is 24.4 Å². The van der Waals surface area contributed by atoms with Crippen molar-refractivity contribution in [3.8, 4) is 5.75 Å². The highest BCUT2D eigenvalue weighted by atomic mass is 16.5. The van der Waals surface area contributed by atoms with Gasteiger partial charge >= 0.3 is 0 Å². The number of amides is 1. The van der Waals surface area contributed by atoms with Gasteiger partial charge in [0.15, 0.2) is 0 Å². The van der Waals surface area contributed by atoms with Crippen LogP contribution in [0, 0.1) is 0 Å². The lowest BCUT2D eigenvalue weighted by Crippen LogP contribution is -2.26. The van der Waals surface area contributed by atoms with Crippen LogP contribution >= 0.6 is 0 Å². The molecule has 0 bridgehead atoms. The number of benzene rings is 1. The van der Waals surface area contributed by atoms with Crippen LogP contribution in [0.2, 0.25) is 0 Å². The van der Waals surface area contributed by atoms with Crippen LogP contribution < -0.4 is 15.6 Å². The molecule has 3 rings (SSSR count). The number of aromatic nitrogens is 2. The molecule has 0 radical (unpaired) electrons. The van der Waals surface area contributed by atoms with Crippen LogP contribution in [-0.2, 0) is 6.54 Å². The van der Waals surface area contributed by atoms with Crippen molar-refractivity contribution in [1.82, 2.24) is 9.78 Å². The van der Waals surface area contributed by atoms with E-state index in [9.17, 15) is 9.59 Å². The van der Waals surface area contributed by atoms with Gasteiger partial charge in [-0.05, 0) is 50.3 Å². The average molecular weight is 355 g/mol. The lowest BCUT2D eigenvalue weighted by atomic mass is 10.2. The zero-order chi connectivity index (χ0) is 18.4. The predicted molar refractivity (Wildman–Crippen MR) is 101 cm³/mol. The molecule has 1 saturated carbocycles. The number of carbonyl (C=O) groups excluding carboxylic acids is 1. The fourth-order valence-corrected chi connectivity index (χ4v) is 3.08. The fraction of sp³-hybridized carbons (Fsp3) is 0.450. The molecular weight excluding hydrogens is 330 g/mol. The summed E-state index contributed by atoms with van der Waals surface area (Å²) in [6, 6.07) is 10.2.